The highest BCUT2D eigenvalue weighted by Crippen LogP contribution is 2.23. The Morgan fingerprint density at radius 2 is 2.04 bits per heavy atom. The zero-order chi connectivity index (χ0) is 19.5. The van der Waals surface area contributed by atoms with Gasteiger partial charge in [0.15, 0.2) is 0 Å². The van der Waals surface area contributed by atoms with Crippen molar-refractivity contribution < 1.29 is 9.72 Å². The van der Waals surface area contributed by atoms with Gasteiger partial charge in [0.25, 0.3) is 11.6 Å². The number of non-ortho nitro benzene ring substituents is 1. The molecule has 0 radical (unpaired) electrons. The number of nitro groups is 1. The van der Waals surface area contributed by atoms with E-state index in [0.29, 0.717) is 43.3 Å². The molecule has 1 amide bonds. The molecule has 1 aliphatic heterocycles. The Kier molecular flexibility index (Phi) is 5.08. The molecule has 144 valence electrons. The van der Waals surface area contributed by atoms with Gasteiger partial charge in [0, 0.05) is 44.9 Å². The molecule has 0 aliphatic carbocycles. The van der Waals surface area contributed by atoms with Crippen LogP contribution in [0.25, 0.3) is 5.69 Å². The van der Waals surface area contributed by atoms with Gasteiger partial charge in [-0.1, -0.05) is 12.1 Å². The summed E-state index contributed by atoms with van der Waals surface area (Å²) in [7, 11) is 0. The molecule has 1 fully saturated rings. The maximum Gasteiger partial charge on any atom is 0.269 e. The van der Waals surface area contributed by atoms with Crippen LogP contribution in [0, 0.1) is 10.1 Å². The van der Waals surface area contributed by atoms with Crippen LogP contribution in [-0.2, 0) is 6.54 Å². The number of carbonyl (C=O) groups is 1. The maximum atomic E-state index is 12.9. The van der Waals surface area contributed by atoms with Gasteiger partial charge < -0.3 is 4.90 Å². The summed E-state index contributed by atoms with van der Waals surface area (Å²) in [6.07, 6.45) is 1.47. The summed E-state index contributed by atoms with van der Waals surface area (Å²) in [5.41, 5.74) is 1.67. The lowest BCUT2D eigenvalue weighted by Gasteiger charge is -2.34. The predicted molar refractivity (Wildman–Crippen MR) is 101 cm³/mol. The molecule has 0 N–H and O–H groups in total. The molecule has 0 bridgehead atoms. The molecular weight excluding hydrogens is 382 g/mol. The van der Waals surface area contributed by atoms with E-state index in [9.17, 15) is 14.9 Å². The number of amides is 1. The SMILES string of the molecule is O=C(c1sccc1-n1cnnn1)N1CCN(Cc2cccc([N+](=O)[O-])c2)CC1. The molecule has 0 saturated carbocycles. The third-order valence-electron chi connectivity index (χ3n) is 4.62. The van der Waals surface area contributed by atoms with Crippen molar-refractivity contribution in [1.82, 2.24) is 30.0 Å². The van der Waals surface area contributed by atoms with E-state index in [4.69, 9.17) is 0 Å². The number of nitro benzene ring substituents is 1. The first kappa shape index (κ1) is 18.2. The fourth-order valence-corrected chi connectivity index (χ4v) is 4.04. The maximum absolute atomic E-state index is 12.9. The second-order valence-corrected chi connectivity index (χ2v) is 7.30. The van der Waals surface area contributed by atoms with Crippen LogP contribution in [0.15, 0.2) is 42.0 Å². The molecule has 0 spiro atoms. The smallest absolute Gasteiger partial charge is 0.269 e. The van der Waals surface area contributed by atoms with Crippen molar-refractivity contribution in [2.45, 2.75) is 6.54 Å². The summed E-state index contributed by atoms with van der Waals surface area (Å²) in [6.45, 7) is 3.24. The Hall–Kier alpha value is -3.18. The normalized spacial score (nSPS) is 14.9. The number of rotatable bonds is 5. The van der Waals surface area contributed by atoms with Crippen LogP contribution < -0.4 is 0 Å². The monoisotopic (exact) mass is 399 g/mol. The summed E-state index contributed by atoms with van der Waals surface area (Å²) in [5, 5.41) is 23.9. The lowest BCUT2D eigenvalue weighted by Crippen LogP contribution is -2.48. The van der Waals surface area contributed by atoms with Crippen molar-refractivity contribution in [1.29, 1.82) is 0 Å². The Bertz CT molecular complexity index is 980. The fourth-order valence-electron chi connectivity index (χ4n) is 3.19. The molecule has 3 aromatic rings. The van der Waals surface area contributed by atoms with E-state index >= 15 is 0 Å². The lowest BCUT2D eigenvalue weighted by molar-refractivity contribution is -0.384. The van der Waals surface area contributed by atoms with E-state index in [1.165, 1.54) is 28.4 Å². The second kappa shape index (κ2) is 7.82. The highest BCUT2D eigenvalue weighted by molar-refractivity contribution is 7.12. The van der Waals surface area contributed by atoms with Crippen molar-refractivity contribution >= 4 is 22.9 Å². The van der Waals surface area contributed by atoms with Crippen LogP contribution in [0.1, 0.15) is 15.2 Å². The first-order valence-electron chi connectivity index (χ1n) is 8.67. The van der Waals surface area contributed by atoms with Crippen LogP contribution >= 0.6 is 11.3 Å². The van der Waals surface area contributed by atoms with Crippen molar-refractivity contribution in [2.24, 2.45) is 0 Å². The van der Waals surface area contributed by atoms with Crippen molar-refractivity contribution in [2.75, 3.05) is 26.2 Å². The molecule has 0 unspecified atom stereocenters. The molecule has 11 heteroatoms. The Morgan fingerprint density at radius 1 is 1.21 bits per heavy atom. The van der Waals surface area contributed by atoms with Crippen LogP contribution in [0.2, 0.25) is 0 Å². The molecule has 28 heavy (non-hydrogen) atoms. The first-order valence-corrected chi connectivity index (χ1v) is 9.55. The van der Waals surface area contributed by atoms with Crippen molar-refractivity contribution in [3.05, 3.63) is 62.6 Å². The summed E-state index contributed by atoms with van der Waals surface area (Å²) in [6, 6.07) is 8.50. The number of piperazine rings is 1. The van der Waals surface area contributed by atoms with Gasteiger partial charge in [-0.25, -0.2) is 0 Å². The van der Waals surface area contributed by atoms with Gasteiger partial charge in [-0.2, -0.15) is 4.68 Å². The summed E-state index contributed by atoms with van der Waals surface area (Å²) in [4.78, 5) is 28.1. The minimum absolute atomic E-state index is 0.0319. The van der Waals surface area contributed by atoms with Gasteiger partial charge in [-0.3, -0.25) is 19.8 Å². The summed E-state index contributed by atoms with van der Waals surface area (Å²) in [5.74, 6) is -0.0319. The van der Waals surface area contributed by atoms with E-state index in [-0.39, 0.29) is 16.5 Å². The third-order valence-corrected chi connectivity index (χ3v) is 5.51. The van der Waals surface area contributed by atoms with Gasteiger partial charge in [0.1, 0.15) is 11.2 Å². The Morgan fingerprint density at radius 3 is 2.75 bits per heavy atom. The number of tetrazole rings is 1. The largest absolute Gasteiger partial charge is 0.335 e. The third kappa shape index (κ3) is 3.75. The highest BCUT2D eigenvalue weighted by atomic mass is 32.1. The zero-order valence-electron chi connectivity index (χ0n) is 14.8. The standard InChI is InChI=1S/C17H17N7O3S/c25-17(16-15(4-9-28-16)23-12-18-19-20-23)22-7-5-21(6-8-22)11-13-2-1-3-14(10-13)24(26)27/h1-4,9-10,12H,5-8,11H2. The number of hydrogen-bond donors (Lipinski definition) is 0. The van der Waals surface area contributed by atoms with Crippen LogP contribution in [0.3, 0.4) is 0 Å². The minimum atomic E-state index is -0.386. The van der Waals surface area contributed by atoms with E-state index in [0.717, 1.165) is 5.56 Å². The Balaban J connectivity index is 1.38. The predicted octanol–water partition coefficient (Wildman–Crippen LogP) is 1.59. The molecule has 2 aromatic heterocycles. The highest BCUT2D eigenvalue weighted by Gasteiger charge is 2.25. The number of carbonyl (C=O) groups excluding carboxylic acids is 1. The van der Waals surface area contributed by atoms with E-state index in [2.05, 4.69) is 20.4 Å². The van der Waals surface area contributed by atoms with E-state index in [1.54, 1.807) is 12.1 Å². The van der Waals surface area contributed by atoms with E-state index < -0.39 is 0 Å². The number of hydrogen-bond acceptors (Lipinski definition) is 8. The van der Waals surface area contributed by atoms with E-state index in [1.807, 2.05) is 22.4 Å². The summed E-state index contributed by atoms with van der Waals surface area (Å²) >= 11 is 1.37. The minimum Gasteiger partial charge on any atom is -0.335 e. The summed E-state index contributed by atoms with van der Waals surface area (Å²) < 4.78 is 1.49. The average Bonchev–Trinajstić information content (AvgIpc) is 3.40. The number of aromatic nitrogens is 4. The van der Waals surface area contributed by atoms with Crippen LogP contribution in [0.4, 0.5) is 5.69 Å². The van der Waals surface area contributed by atoms with Crippen LogP contribution in [-0.4, -0.2) is 67.0 Å². The topological polar surface area (TPSA) is 110 Å². The zero-order valence-corrected chi connectivity index (χ0v) is 15.7. The first-order chi connectivity index (χ1) is 13.6. The van der Waals surface area contributed by atoms with Gasteiger partial charge in [-0.15, -0.1) is 16.4 Å². The molecule has 0 atom stereocenters. The van der Waals surface area contributed by atoms with Crippen molar-refractivity contribution in [3.8, 4) is 5.69 Å². The van der Waals surface area contributed by atoms with Crippen molar-refractivity contribution in [3.63, 3.8) is 0 Å². The molecule has 10 nitrogen and oxygen atoms in total. The molecule has 1 aromatic carbocycles. The van der Waals surface area contributed by atoms with Gasteiger partial charge in [0.05, 0.1) is 10.6 Å². The number of thiophene rings is 1. The quantitative estimate of drug-likeness (QED) is 0.473. The van der Waals surface area contributed by atoms with Gasteiger partial charge in [-0.05, 0) is 27.4 Å². The molecule has 3 heterocycles. The fraction of sp³-hybridized carbons (Fsp3) is 0.294. The second-order valence-electron chi connectivity index (χ2n) is 6.38. The molecule has 4 rings (SSSR count). The molecule has 1 saturated heterocycles. The van der Waals surface area contributed by atoms with Gasteiger partial charge in [0.2, 0.25) is 0 Å². The molecular formula is C17H17N7O3S. The van der Waals surface area contributed by atoms with Gasteiger partial charge >= 0.3 is 0 Å². The average molecular weight is 399 g/mol. The lowest BCUT2D eigenvalue weighted by atomic mass is 10.1. The number of benzene rings is 1. The Labute approximate surface area is 164 Å². The molecule has 1 aliphatic rings. The number of nitrogens with zero attached hydrogens (tertiary/aromatic N) is 7. The van der Waals surface area contributed by atoms with Crippen LogP contribution in [0.5, 0.6) is 0 Å².